The van der Waals surface area contributed by atoms with E-state index in [1.54, 1.807) is 11.3 Å². The second-order valence-electron chi connectivity index (χ2n) is 6.28. The van der Waals surface area contributed by atoms with Gasteiger partial charge >= 0.3 is 0 Å². The molecule has 2 nitrogen and oxygen atoms in total. The van der Waals surface area contributed by atoms with Gasteiger partial charge in [-0.1, -0.05) is 44.2 Å². The van der Waals surface area contributed by atoms with E-state index in [9.17, 15) is 4.79 Å². The Morgan fingerprint density at radius 1 is 1.25 bits per heavy atom. The van der Waals surface area contributed by atoms with Gasteiger partial charge in [0.15, 0.2) is 5.78 Å². The summed E-state index contributed by atoms with van der Waals surface area (Å²) in [7, 11) is 0. The van der Waals surface area contributed by atoms with Crippen LogP contribution < -0.4 is 5.73 Å². The molecule has 2 N–H and O–H groups in total. The highest BCUT2D eigenvalue weighted by Gasteiger charge is 2.31. The van der Waals surface area contributed by atoms with E-state index in [1.807, 2.05) is 30.3 Å². The molecule has 1 aliphatic carbocycles. The van der Waals surface area contributed by atoms with Crippen LogP contribution in [0.25, 0.3) is 0 Å². The highest BCUT2D eigenvalue weighted by atomic mass is 32.1. The summed E-state index contributed by atoms with van der Waals surface area (Å²) in [6.07, 6.45) is 3.11. The molecule has 0 spiro atoms. The number of carbonyl (C=O) groups excluding carboxylic acids is 1. The van der Waals surface area contributed by atoms with Crippen molar-refractivity contribution in [1.29, 1.82) is 0 Å². The first kappa shape index (κ1) is 13.4. The summed E-state index contributed by atoms with van der Waals surface area (Å²) in [5.41, 5.74) is 9.14. The molecule has 0 saturated heterocycles. The maximum absolute atomic E-state index is 12.7. The lowest BCUT2D eigenvalue weighted by molar-refractivity contribution is 0.103. The van der Waals surface area contributed by atoms with E-state index in [2.05, 4.69) is 13.8 Å². The Balaban J connectivity index is 2.04. The minimum atomic E-state index is 0.0697. The van der Waals surface area contributed by atoms with E-state index in [0.29, 0.717) is 10.4 Å². The Hall–Kier alpha value is -1.61. The summed E-state index contributed by atoms with van der Waals surface area (Å²) in [5, 5.41) is 0.682. The van der Waals surface area contributed by atoms with Gasteiger partial charge in [-0.25, -0.2) is 0 Å². The Labute approximate surface area is 123 Å². The van der Waals surface area contributed by atoms with E-state index < -0.39 is 0 Å². The Kier molecular flexibility index (Phi) is 3.17. The number of rotatable bonds is 2. The zero-order valence-electron chi connectivity index (χ0n) is 11.9. The number of nitrogen functional groups attached to an aromatic ring is 1. The number of ketones is 1. The molecule has 1 aliphatic rings. The average Bonchev–Trinajstić information content (AvgIpc) is 2.72. The van der Waals surface area contributed by atoms with Crippen molar-refractivity contribution < 1.29 is 4.79 Å². The SMILES string of the molecule is CC1(C)CCc2c(sc(N)c2C(=O)c2ccccc2)C1. The predicted octanol–water partition coefficient (Wildman–Crippen LogP) is 4.08. The number of anilines is 1. The summed E-state index contributed by atoms with van der Waals surface area (Å²) in [6.45, 7) is 4.56. The fourth-order valence-electron chi connectivity index (χ4n) is 2.91. The van der Waals surface area contributed by atoms with Gasteiger partial charge in [0.05, 0.1) is 10.6 Å². The number of nitrogens with two attached hydrogens (primary N) is 1. The molecule has 20 heavy (non-hydrogen) atoms. The van der Waals surface area contributed by atoms with Crippen molar-refractivity contribution in [3.8, 4) is 0 Å². The first-order valence-corrected chi connectivity index (χ1v) is 7.79. The minimum Gasteiger partial charge on any atom is -0.390 e. The van der Waals surface area contributed by atoms with Crippen LogP contribution in [0.5, 0.6) is 0 Å². The van der Waals surface area contributed by atoms with Crippen LogP contribution in [0, 0.1) is 5.41 Å². The fraction of sp³-hybridized carbons (Fsp3) is 0.353. The van der Waals surface area contributed by atoms with E-state index in [0.717, 1.165) is 30.4 Å². The second-order valence-corrected chi connectivity index (χ2v) is 7.42. The van der Waals surface area contributed by atoms with Crippen molar-refractivity contribution >= 4 is 22.1 Å². The van der Waals surface area contributed by atoms with Gasteiger partial charge in [0.2, 0.25) is 0 Å². The van der Waals surface area contributed by atoms with E-state index in [1.165, 1.54) is 10.4 Å². The summed E-state index contributed by atoms with van der Waals surface area (Å²) < 4.78 is 0. The van der Waals surface area contributed by atoms with E-state index in [-0.39, 0.29) is 5.78 Å². The van der Waals surface area contributed by atoms with Gasteiger partial charge in [0.25, 0.3) is 0 Å². The van der Waals surface area contributed by atoms with Crippen LogP contribution in [0.2, 0.25) is 0 Å². The molecule has 0 amide bonds. The summed E-state index contributed by atoms with van der Waals surface area (Å²) in [6, 6.07) is 9.43. The van der Waals surface area contributed by atoms with E-state index in [4.69, 9.17) is 5.73 Å². The van der Waals surface area contributed by atoms with Gasteiger partial charge in [-0.3, -0.25) is 4.79 Å². The topological polar surface area (TPSA) is 43.1 Å². The molecule has 0 bridgehead atoms. The number of carbonyl (C=O) groups is 1. The molecule has 1 aromatic heterocycles. The van der Waals surface area contributed by atoms with Crippen LogP contribution in [0.4, 0.5) is 5.00 Å². The molecule has 0 fully saturated rings. The predicted molar refractivity (Wildman–Crippen MR) is 84.4 cm³/mol. The van der Waals surface area contributed by atoms with Gasteiger partial charge < -0.3 is 5.73 Å². The lowest BCUT2D eigenvalue weighted by Crippen LogP contribution is -2.22. The van der Waals surface area contributed by atoms with Gasteiger partial charge in [-0.15, -0.1) is 11.3 Å². The van der Waals surface area contributed by atoms with Gasteiger partial charge in [0.1, 0.15) is 0 Å². The molecule has 0 aliphatic heterocycles. The van der Waals surface area contributed by atoms with Crippen LogP contribution in [0.15, 0.2) is 30.3 Å². The molecule has 0 saturated carbocycles. The number of hydrogen-bond donors (Lipinski definition) is 1. The summed E-state index contributed by atoms with van der Waals surface area (Å²) >= 11 is 1.60. The maximum Gasteiger partial charge on any atom is 0.196 e. The molecule has 0 unspecified atom stereocenters. The summed E-state index contributed by atoms with van der Waals surface area (Å²) in [4.78, 5) is 14.0. The second kappa shape index (κ2) is 4.74. The average molecular weight is 285 g/mol. The first-order valence-electron chi connectivity index (χ1n) is 6.98. The number of benzene rings is 1. The molecular weight excluding hydrogens is 266 g/mol. The zero-order chi connectivity index (χ0) is 14.3. The monoisotopic (exact) mass is 285 g/mol. The van der Waals surface area contributed by atoms with Crippen molar-refractivity contribution in [2.24, 2.45) is 5.41 Å². The van der Waals surface area contributed by atoms with Crippen molar-refractivity contribution in [2.75, 3.05) is 5.73 Å². The summed E-state index contributed by atoms with van der Waals surface area (Å²) in [5.74, 6) is 0.0697. The van der Waals surface area contributed by atoms with Crippen molar-refractivity contribution in [1.82, 2.24) is 0 Å². The lowest BCUT2D eigenvalue weighted by Gasteiger charge is -2.29. The molecule has 3 heteroatoms. The molecule has 2 aromatic rings. The quantitative estimate of drug-likeness (QED) is 0.845. The first-order chi connectivity index (χ1) is 9.48. The van der Waals surface area contributed by atoms with Crippen molar-refractivity contribution in [3.05, 3.63) is 51.9 Å². The van der Waals surface area contributed by atoms with Gasteiger partial charge in [-0.2, -0.15) is 0 Å². The van der Waals surface area contributed by atoms with Crippen molar-refractivity contribution in [3.63, 3.8) is 0 Å². The van der Waals surface area contributed by atoms with Gasteiger partial charge in [0, 0.05) is 10.4 Å². The largest absolute Gasteiger partial charge is 0.390 e. The third kappa shape index (κ3) is 2.27. The van der Waals surface area contributed by atoms with Crippen LogP contribution in [-0.4, -0.2) is 5.78 Å². The Bertz CT molecular complexity index is 655. The normalized spacial score (nSPS) is 16.7. The van der Waals surface area contributed by atoms with Gasteiger partial charge in [-0.05, 0) is 30.2 Å². The Morgan fingerprint density at radius 3 is 2.65 bits per heavy atom. The van der Waals surface area contributed by atoms with Crippen molar-refractivity contribution in [2.45, 2.75) is 33.1 Å². The number of fused-ring (bicyclic) bond motifs is 1. The smallest absolute Gasteiger partial charge is 0.196 e. The van der Waals surface area contributed by atoms with Crippen LogP contribution in [0.3, 0.4) is 0 Å². The standard InChI is InChI=1S/C17H19NOS/c1-17(2)9-8-12-13(10-17)20-16(18)14(12)15(19)11-6-4-3-5-7-11/h3-7H,8-10,18H2,1-2H3. The minimum absolute atomic E-state index is 0.0697. The zero-order valence-corrected chi connectivity index (χ0v) is 12.7. The van der Waals surface area contributed by atoms with Crippen LogP contribution >= 0.6 is 11.3 Å². The molecule has 0 atom stereocenters. The molecule has 1 aromatic carbocycles. The van der Waals surface area contributed by atoms with Crippen LogP contribution in [0.1, 0.15) is 46.6 Å². The highest BCUT2D eigenvalue weighted by Crippen LogP contribution is 2.43. The molecule has 0 radical (unpaired) electrons. The Morgan fingerprint density at radius 2 is 1.95 bits per heavy atom. The number of thiophene rings is 1. The van der Waals surface area contributed by atoms with Crippen LogP contribution in [-0.2, 0) is 12.8 Å². The highest BCUT2D eigenvalue weighted by molar-refractivity contribution is 7.16. The lowest BCUT2D eigenvalue weighted by atomic mass is 9.76. The number of hydrogen-bond acceptors (Lipinski definition) is 3. The fourth-order valence-corrected chi connectivity index (χ4v) is 4.28. The molecule has 3 rings (SSSR count). The molecular formula is C17H19NOS. The molecule has 104 valence electrons. The maximum atomic E-state index is 12.7. The van der Waals surface area contributed by atoms with E-state index >= 15 is 0 Å². The molecule has 1 heterocycles. The third-order valence-electron chi connectivity index (χ3n) is 4.07. The third-order valence-corrected chi connectivity index (χ3v) is 5.13.